The topological polar surface area (TPSA) is 44.8 Å². The predicted molar refractivity (Wildman–Crippen MR) is 123 cm³/mol. The lowest BCUT2D eigenvalue weighted by molar-refractivity contribution is -0.127. The van der Waals surface area contributed by atoms with E-state index in [-0.39, 0.29) is 5.91 Å². The van der Waals surface area contributed by atoms with Crippen molar-refractivity contribution in [2.24, 2.45) is 0 Å². The van der Waals surface area contributed by atoms with Gasteiger partial charge in [0.25, 0.3) is 5.91 Å². The Kier molecular flexibility index (Phi) is 7.38. The molecule has 0 unspecified atom stereocenters. The van der Waals surface area contributed by atoms with Gasteiger partial charge in [-0.3, -0.25) is 4.79 Å². The second-order valence-electron chi connectivity index (χ2n) is 8.63. The van der Waals surface area contributed by atoms with Crippen LogP contribution in [0.15, 0.2) is 42.5 Å². The molecule has 5 nitrogen and oxygen atoms in total. The Morgan fingerprint density at radius 2 is 1.70 bits per heavy atom. The molecule has 5 heteroatoms. The number of carbonyl (C=O) groups is 1. The van der Waals surface area contributed by atoms with E-state index in [0.29, 0.717) is 12.5 Å². The van der Waals surface area contributed by atoms with Gasteiger partial charge in [0.05, 0.1) is 0 Å². The van der Waals surface area contributed by atoms with E-state index < -0.39 is 6.10 Å². The molecule has 1 atom stereocenters. The van der Waals surface area contributed by atoms with Gasteiger partial charge < -0.3 is 19.9 Å². The Hall–Kier alpha value is -2.53. The van der Waals surface area contributed by atoms with E-state index in [9.17, 15) is 4.79 Å². The van der Waals surface area contributed by atoms with E-state index in [1.165, 1.54) is 5.69 Å². The highest BCUT2D eigenvalue weighted by atomic mass is 16.5. The van der Waals surface area contributed by atoms with Crippen LogP contribution in [0, 0.1) is 6.92 Å². The molecule has 0 aliphatic carbocycles. The number of amides is 1. The van der Waals surface area contributed by atoms with Gasteiger partial charge in [0.15, 0.2) is 6.10 Å². The maximum atomic E-state index is 12.6. The van der Waals surface area contributed by atoms with Crippen LogP contribution in [-0.2, 0) is 11.3 Å². The summed E-state index contributed by atoms with van der Waals surface area (Å²) < 4.78 is 6.02. The molecule has 1 aliphatic heterocycles. The van der Waals surface area contributed by atoms with Crippen LogP contribution in [0.2, 0.25) is 0 Å². The molecule has 0 spiro atoms. The minimum absolute atomic E-state index is 0.102. The number of hydrogen-bond donors (Lipinski definition) is 1. The molecule has 1 heterocycles. The summed E-state index contributed by atoms with van der Waals surface area (Å²) in [6.07, 6.45) is -0.547. The number of piperazine rings is 1. The SMILES string of the molecule is Cc1ccc(C(C)C)c(O[C@H](C)C(=O)NCc2ccc(N3CCN(C)CC3)cc2)c1. The number of nitrogens with one attached hydrogen (secondary N) is 1. The maximum absolute atomic E-state index is 12.6. The summed E-state index contributed by atoms with van der Waals surface area (Å²) in [7, 11) is 2.16. The Bertz CT molecular complexity index is 840. The minimum atomic E-state index is -0.547. The number of hydrogen-bond acceptors (Lipinski definition) is 4. The highest BCUT2D eigenvalue weighted by molar-refractivity contribution is 5.80. The molecule has 0 saturated carbocycles. The second kappa shape index (κ2) is 9.98. The monoisotopic (exact) mass is 409 g/mol. The van der Waals surface area contributed by atoms with E-state index in [2.05, 4.69) is 72.4 Å². The molecule has 0 bridgehead atoms. The minimum Gasteiger partial charge on any atom is -0.481 e. The van der Waals surface area contributed by atoms with Crippen molar-refractivity contribution in [1.82, 2.24) is 10.2 Å². The molecule has 2 aromatic rings. The average molecular weight is 410 g/mol. The molecular formula is C25H35N3O2. The molecule has 1 saturated heterocycles. The van der Waals surface area contributed by atoms with Gasteiger partial charge in [-0.05, 0) is 61.7 Å². The summed E-state index contributed by atoms with van der Waals surface area (Å²) in [5.74, 6) is 1.04. The van der Waals surface area contributed by atoms with Gasteiger partial charge in [-0.2, -0.15) is 0 Å². The Morgan fingerprint density at radius 1 is 1.03 bits per heavy atom. The van der Waals surface area contributed by atoms with Crippen molar-refractivity contribution in [1.29, 1.82) is 0 Å². The number of aryl methyl sites for hydroxylation is 1. The molecule has 0 radical (unpaired) electrons. The third-order valence-electron chi connectivity index (χ3n) is 5.74. The normalized spacial score (nSPS) is 15.9. The summed E-state index contributed by atoms with van der Waals surface area (Å²) in [5, 5.41) is 3.00. The van der Waals surface area contributed by atoms with Crippen LogP contribution in [-0.4, -0.2) is 50.1 Å². The first-order valence-electron chi connectivity index (χ1n) is 10.9. The maximum Gasteiger partial charge on any atom is 0.261 e. The number of likely N-dealkylation sites (N-methyl/N-ethyl adjacent to an activating group) is 1. The molecule has 1 amide bonds. The van der Waals surface area contributed by atoms with Gasteiger partial charge in [0.1, 0.15) is 5.75 Å². The summed E-state index contributed by atoms with van der Waals surface area (Å²) in [6, 6.07) is 14.7. The van der Waals surface area contributed by atoms with E-state index >= 15 is 0 Å². The number of rotatable bonds is 7. The lowest BCUT2D eigenvalue weighted by Gasteiger charge is -2.34. The van der Waals surface area contributed by atoms with Gasteiger partial charge in [0, 0.05) is 38.4 Å². The fourth-order valence-electron chi connectivity index (χ4n) is 3.69. The number of anilines is 1. The third-order valence-corrected chi connectivity index (χ3v) is 5.74. The first kappa shape index (κ1) is 22.2. The molecule has 1 N–H and O–H groups in total. The molecule has 3 rings (SSSR count). The van der Waals surface area contributed by atoms with Gasteiger partial charge in [-0.15, -0.1) is 0 Å². The fraction of sp³-hybridized carbons (Fsp3) is 0.480. The van der Waals surface area contributed by atoms with Crippen LogP contribution in [0.4, 0.5) is 5.69 Å². The van der Waals surface area contributed by atoms with Crippen LogP contribution in [0.5, 0.6) is 5.75 Å². The highest BCUT2D eigenvalue weighted by Gasteiger charge is 2.18. The van der Waals surface area contributed by atoms with Crippen LogP contribution < -0.4 is 15.0 Å². The third kappa shape index (κ3) is 5.76. The van der Waals surface area contributed by atoms with Crippen molar-refractivity contribution in [2.75, 3.05) is 38.1 Å². The Balaban J connectivity index is 1.53. The number of benzene rings is 2. The van der Waals surface area contributed by atoms with E-state index in [1.807, 2.05) is 13.0 Å². The quantitative estimate of drug-likeness (QED) is 0.752. The van der Waals surface area contributed by atoms with E-state index in [0.717, 1.165) is 48.6 Å². The zero-order chi connectivity index (χ0) is 21.7. The molecule has 2 aromatic carbocycles. The molecule has 162 valence electrons. The summed E-state index contributed by atoms with van der Waals surface area (Å²) >= 11 is 0. The Labute approximate surface area is 181 Å². The molecule has 0 aromatic heterocycles. The van der Waals surface area contributed by atoms with Gasteiger partial charge >= 0.3 is 0 Å². The van der Waals surface area contributed by atoms with Crippen molar-refractivity contribution in [3.8, 4) is 5.75 Å². The summed E-state index contributed by atoms with van der Waals surface area (Å²) in [6.45, 7) is 12.9. The fourth-order valence-corrected chi connectivity index (χ4v) is 3.69. The second-order valence-corrected chi connectivity index (χ2v) is 8.63. The standard InChI is InChI=1S/C25H35N3O2/c1-18(2)23-11-6-19(3)16-24(23)30-20(4)25(29)26-17-21-7-9-22(10-8-21)28-14-12-27(5)13-15-28/h6-11,16,18,20H,12-15,17H2,1-5H3,(H,26,29)/t20-/m1/s1. The van der Waals surface area contributed by atoms with E-state index in [4.69, 9.17) is 4.74 Å². The Morgan fingerprint density at radius 3 is 2.33 bits per heavy atom. The number of carbonyl (C=O) groups excluding carboxylic acids is 1. The smallest absolute Gasteiger partial charge is 0.261 e. The average Bonchev–Trinajstić information content (AvgIpc) is 2.73. The van der Waals surface area contributed by atoms with Crippen molar-refractivity contribution in [2.45, 2.75) is 46.3 Å². The first-order chi connectivity index (χ1) is 14.3. The van der Waals surface area contributed by atoms with Crippen LogP contribution >= 0.6 is 0 Å². The summed E-state index contributed by atoms with van der Waals surface area (Å²) in [5.41, 5.74) is 4.59. The van der Waals surface area contributed by atoms with Gasteiger partial charge in [-0.25, -0.2) is 0 Å². The highest BCUT2D eigenvalue weighted by Crippen LogP contribution is 2.28. The van der Waals surface area contributed by atoms with E-state index in [1.54, 1.807) is 6.92 Å². The molecule has 1 fully saturated rings. The first-order valence-corrected chi connectivity index (χ1v) is 10.9. The molecule has 1 aliphatic rings. The largest absolute Gasteiger partial charge is 0.481 e. The van der Waals surface area contributed by atoms with Crippen molar-refractivity contribution >= 4 is 11.6 Å². The lowest BCUT2D eigenvalue weighted by Crippen LogP contribution is -2.44. The van der Waals surface area contributed by atoms with Crippen LogP contribution in [0.25, 0.3) is 0 Å². The molecule has 30 heavy (non-hydrogen) atoms. The number of ether oxygens (including phenoxy) is 1. The summed E-state index contributed by atoms with van der Waals surface area (Å²) in [4.78, 5) is 17.3. The zero-order valence-corrected chi connectivity index (χ0v) is 18.9. The van der Waals surface area contributed by atoms with Crippen molar-refractivity contribution in [3.05, 3.63) is 59.2 Å². The van der Waals surface area contributed by atoms with Gasteiger partial charge in [-0.1, -0.05) is 38.1 Å². The van der Waals surface area contributed by atoms with Crippen LogP contribution in [0.3, 0.4) is 0 Å². The van der Waals surface area contributed by atoms with Gasteiger partial charge in [0.2, 0.25) is 0 Å². The predicted octanol–water partition coefficient (Wildman–Crippen LogP) is 3.95. The zero-order valence-electron chi connectivity index (χ0n) is 18.9. The van der Waals surface area contributed by atoms with Crippen molar-refractivity contribution in [3.63, 3.8) is 0 Å². The molecular weight excluding hydrogens is 374 g/mol. The number of nitrogens with zero attached hydrogens (tertiary/aromatic N) is 2. The van der Waals surface area contributed by atoms with Crippen molar-refractivity contribution < 1.29 is 9.53 Å². The van der Waals surface area contributed by atoms with Crippen LogP contribution in [0.1, 0.15) is 43.4 Å². The lowest BCUT2D eigenvalue weighted by atomic mass is 10.0.